The normalized spacial score (nSPS) is 20.5. The maximum absolute atomic E-state index is 4.56. The molecule has 1 saturated heterocycles. The van der Waals surface area contributed by atoms with E-state index in [4.69, 9.17) is 0 Å². The van der Waals surface area contributed by atoms with Crippen molar-refractivity contribution in [3.63, 3.8) is 0 Å². The van der Waals surface area contributed by atoms with Gasteiger partial charge in [0, 0.05) is 24.9 Å². The number of hydrogen-bond acceptors (Lipinski definition) is 3. The summed E-state index contributed by atoms with van der Waals surface area (Å²) < 4.78 is 2.12. The molecule has 3 nitrogen and oxygen atoms in total. The maximum Gasteiger partial charge on any atom is 0.0625 e. The topological polar surface area (TPSA) is 29.9 Å². The summed E-state index contributed by atoms with van der Waals surface area (Å²) >= 11 is 2.05. The van der Waals surface area contributed by atoms with Crippen molar-refractivity contribution >= 4 is 11.8 Å². The number of thioether (sulfide) groups is 1. The average molecular weight is 239 g/mol. The first-order valence-electron chi connectivity index (χ1n) is 6.20. The Morgan fingerprint density at radius 3 is 3.06 bits per heavy atom. The monoisotopic (exact) mass is 239 g/mol. The minimum atomic E-state index is 0.704. The molecule has 0 saturated carbocycles. The molecule has 2 heterocycles. The van der Waals surface area contributed by atoms with Gasteiger partial charge < -0.3 is 5.32 Å². The van der Waals surface area contributed by atoms with E-state index in [1.807, 2.05) is 0 Å². The molecule has 1 unspecified atom stereocenters. The number of aromatic nitrogens is 2. The van der Waals surface area contributed by atoms with Gasteiger partial charge in [0.05, 0.1) is 11.4 Å². The summed E-state index contributed by atoms with van der Waals surface area (Å²) in [6.07, 6.45) is 2.34. The molecular weight excluding hydrogens is 218 g/mol. The highest BCUT2D eigenvalue weighted by atomic mass is 32.2. The van der Waals surface area contributed by atoms with E-state index in [2.05, 4.69) is 46.8 Å². The summed E-state index contributed by atoms with van der Waals surface area (Å²) in [5.41, 5.74) is 2.54. The largest absolute Gasteiger partial charge is 0.308 e. The third-order valence-electron chi connectivity index (χ3n) is 3.08. The van der Waals surface area contributed by atoms with Crippen LogP contribution in [0.15, 0.2) is 6.07 Å². The van der Waals surface area contributed by atoms with Crippen LogP contribution in [0.1, 0.15) is 31.7 Å². The van der Waals surface area contributed by atoms with E-state index in [0.717, 1.165) is 19.5 Å². The van der Waals surface area contributed by atoms with Gasteiger partial charge in [-0.15, -0.1) is 0 Å². The Balaban J connectivity index is 1.93. The van der Waals surface area contributed by atoms with Gasteiger partial charge in [-0.05, 0) is 31.6 Å². The van der Waals surface area contributed by atoms with Crippen molar-refractivity contribution in [1.29, 1.82) is 0 Å². The molecule has 1 atom stereocenters. The van der Waals surface area contributed by atoms with Crippen LogP contribution in [0.25, 0.3) is 0 Å². The van der Waals surface area contributed by atoms with Crippen LogP contribution in [0.3, 0.4) is 0 Å². The Morgan fingerprint density at radius 1 is 1.56 bits per heavy atom. The fourth-order valence-electron chi connectivity index (χ4n) is 2.05. The van der Waals surface area contributed by atoms with Crippen molar-refractivity contribution in [2.24, 2.45) is 0 Å². The molecule has 1 N–H and O–H groups in total. The molecule has 1 fully saturated rings. The second-order valence-corrected chi connectivity index (χ2v) is 5.39. The van der Waals surface area contributed by atoms with E-state index >= 15 is 0 Å². The maximum atomic E-state index is 4.56. The van der Waals surface area contributed by atoms with E-state index in [1.54, 1.807) is 0 Å². The molecule has 4 heteroatoms. The molecule has 1 aliphatic heterocycles. The Morgan fingerprint density at radius 2 is 2.44 bits per heavy atom. The summed E-state index contributed by atoms with van der Waals surface area (Å²) in [5, 5.41) is 8.19. The third kappa shape index (κ3) is 2.80. The third-order valence-corrected chi connectivity index (χ3v) is 4.24. The number of hydrogen-bond donors (Lipinski definition) is 1. The molecule has 0 amide bonds. The lowest BCUT2D eigenvalue weighted by molar-refractivity contribution is 0.521. The minimum Gasteiger partial charge on any atom is -0.308 e. The van der Waals surface area contributed by atoms with Gasteiger partial charge in [-0.25, -0.2) is 0 Å². The highest BCUT2D eigenvalue weighted by Gasteiger charge is 2.15. The second-order valence-electron chi connectivity index (χ2n) is 4.24. The summed E-state index contributed by atoms with van der Waals surface area (Å²) in [6, 6.07) is 2.94. The first-order chi connectivity index (χ1) is 7.83. The van der Waals surface area contributed by atoms with Crippen molar-refractivity contribution in [1.82, 2.24) is 15.1 Å². The lowest BCUT2D eigenvalue weighted by Gasteiger charge is -2.11. The molecule has 1 aromatic heterocycles. The van der Waals surface area contributed by atoms with Gasteiger partial charge in [0.2, 0.25) is 0 Å². The van der Waals surface area contributed by atoms with Crippen LogP contribution in [0, 0.1) is 0 Å². The predicted octanol–water partition coefficient (Wildman–Crippen LogP) is 2.06. The van der Waals surface area contributed by atoms with Crippen molar-refractivity contribution in [3.05, 3.63) is 17.5 Å². The molecule has 16 heavy (non-hydrogen) atoms. The molecular formula is C12H21N3S. The molecule has 0 aromatic carbocycles. The van der Waals surface area contributed by atoms with Crippen molar-refractivity contribution in [3.8, 4) is 0 Å². The second kappa shape index (κ2) is 5.73. The van der Waals surface area contributed by atoms with E-state index in [0.29, 0.717) is 6.04 Å². The zero-order valence-corrected chi connectivity index (χ0v) is 11.0. The van der Waals surface area contributed by atoms with Crippen molar-refractivity contribution in [2.45, 2.75) is 45.8 Å². The number of nitrogens with zero attached hydrogens (tertiary/aromatic N) is 2. The smallest absolute Gasteiger partial charge is 0.0625 e. The quantitative estimate of drug-likeness (QED) is 0.853. The van der Waals surface area contributed by atoms with Crippen molar-refractivity contribution < 1.29 is 0 Å². The van der Waals surface area contributed by atoms with Crippen LogP contribution >= 0.6 is 11.8 Å². The number of rotatable bonds is 5. The van der Waals surface area contributed by atoms with Crippen LogP contribution < -0.4 is 5.32 Å². The molecule has 0 radical (unpaired) electrons. The van der Waals surface area contributed by atoms with Gasteiger partial charge in [0.15, 0.2) is 0 Å². The summed E-state index contributed by atoms with van der Waals surface area (Å²) in [5.74, 6) is 2.58. The Hall–Kier alpha value is -0.480. The van der Waals surface area contributed by atoms with Gasteiger partial charge in [0.25, 0.3) is 0 Å². The summed E-state index contributed by atoms with van der Waals surface area (Å²) in [7, 11) is 0. The van der Waals surface area contributed by atoms with E-state index in [-0.39, 0.29) is 0 Å². The summed E-state index contributed by atoms with van der Waals surface area (Å²) in [6.45, 7) is 6.25. The Labute approximate surface area is 102 Å². The van der Waals surface area contributed by atoms with Crippen LogP contribution in [-0.4, -0.2) is 27.3 Å². The fraction of sp³-hybridized carbons (Fsp3) is 0.750. The number of aryl methyl sites for hydroxylation is 2. The van der Waals surface area contributed by atoms with E-state index in [1.165, 1.54) is 29.3 Å². The molecule has 90 valence electrons. The minimum absolute atomic E-state index is 0.704. The zero-order valence-electron chi connectivity index (χ0n) is 10.2. The first-order valence-corrected chi connectivity index (χ1v) is 7.35. The lowest BCUT2D eigenvalue weighted by atomic mass is 10.2. The van der Waals surface area contributed by atoms with Crippen LogP contribution in [0.4, 0.5) is 0 Å². The highest BCUT2D eigenvalue weighted by molar-refractivity contribution is 7.99. The highest BCUT2D eigenvalue weighted by Crippen LogP contribution is 2.17. The van der Waals surface area contributed by atoms with Crippen molar-refractivity contribution in [2.75, 3.05) is 11.5 Å². The number of nitrogens with one attached hydrogen (secondary N) is 1. The molecule has 0 spiro atoms. The SMILES string of the molecule is CCc1cc(CNC2CCSC2)n(CC)n1. The van der Waals surface area contributed by atoms with Gasteiger partial charge in [-0.2, -0.15) is 16.9 Å². The molecule has 0 aliphatic carbocycles. The Kier molecular flexibility index (Phi) is 4.29. The van der Waals surface area contributed by atoms with Gasteiger partial charge >= 0.3 is 0 Å². The van der Waals surface area contributed by atoms with E-state index < -0.39 is 0 Å². The van der Waals surface area contributed by atoms with Crippen LogP contribution in [0.5, 0.6) is 0 Å². The average Bonchev–Trinajstić information content (AvgIpc) is 2.95. The standard InChI is InChI=1S/C12H21N3S/c1-3-10-7-12(15(4-2)14-10)8-13-11-5-6-16-9-11/h7,11,13H,3-6,8-9H2,1-2H3. The van der Waals surface area contributed by atoms with E-state index in [9.17, 15) is 0 Å². The van der Waals surface area contributed by atoms with Gasteiger partial charge in [-0.3, -0.25) is 4.68 Å². The molecule has 0 bridgehead atoms. The van der Waals surface area contributed by atoms with Crippen LogP contribution in [0.2, 0.25) is 0 Å². The van der Waals surface area contributed by atoms with Gasteiger partial charge in [0.1, 0.15) is 0 Å². The fourth-order valence-corrected chi connectivity index (χ4v) is 3.24. The van der Waals surface area contributed by atoms with Gasteiger partial charge in [-0.1, -0.05) is 6.92 Å². The molecule has 1 aromatic rings. The molecule has 1 aliphatic rings. The zero-order chi connectivity index (χ0) is 11.4. The predicted molar refractivity (Wildman–Crippen MR) is 69.8 cm³/mol. The first kappa shape index (κ1) is 12.0. The lowest BCUT2D eigenvalue weighted by Crippen LogP contribution is -2.29. The summed E-state index contributed by atoms with van der Waals surface area (Å²) in [4.78, 5) is 0. The Bertz CT molecular complexity index is 329. The van der Waals surface area contributed by atoms with Crippen LogP contribution in [-0.2, 0) is 19.5 Å². The molecule has 2 rings (SSSR count).